The molecule has 1 saturated heterocycles. The molecule has 0 radical (unpaired) electrons. The fourth-order valence-corrected chi connectivity index (χ4v) is 3.61. The number of nitrogens with zero attached hydrogens (tertiary/aromatic N) is 1. The van der Waals surface area contributed by atoms with E-state index in [1.807, 2.05) is 29.5 Å². The molecule has 0 aliphatic carbocycles. The third-order valence-corrected chi connectivity index (χ3v) is 5.06. The molecule has 0 unspecified atom stereocenters. The van der Waals surface area contributed by atoms with Gasteiger partial charge in [0.25, 0.3) is 11.8 Å². The summed E-state index contributed by atoms with van der Waals surface area (Å²) in [5.41, 5.74) is 1.70. The second kappa shape index (κ2) is 9.00. The molecule has 1 aliphatic heterocycles. The van der Waals surface area contributed by atoms with Gasteiger partial charge in [-0.2, -0.15) is 0 Å². The van der Waals surface area contributed by atoms with Crippen LogP contribution < -0.4 is 19.7 Å². The summed E-state index contributed by atoms with van der Waals surface area (Å²) in [7, 11) is 1.47. The van der Waals surface area contributed by atoms with Crippen molar-refractivity contribution in [2.45, 2.75) is 6.92 Å². The van der Waals surface area contributed by atoms with Gasteiger partial charge >= 0.3 is 6.03 Å². The number of hydrogen-bond acceptors (Lipinski definition) is 5. The Morgan fingerprint density at radius 3 is 2.53 bits per heavy atom. The fourth-order valence-electron chi connectivity index (χ4n) is 2.83. The Bertz CT molecular complexity index is 1100. The van der Waals surface area contributed by atoms with E-state index in [4.69, 9.17) is 15.9 Å². The monoisotopic (exact) mass is 516 g/mol. The van der Waals surface area contributed by atoms with Gasteiger partial charge in [0.2, 0.25) is 0 Å². The molecule has 7 nitrogen and oxygen atoms in total. The molecule has 2 aromatic rings. The lowest BCUT2D eigenvalue weighted by atomic mass is 10.1. The van der Waals surface area contributed by atoms with Crippen molar-refractivity contribution in [3.8, 4) is 23.8 Å². The van der Waals surface area contributed by atoms with E-state index < -0.39 is 17.8 Å². The first-order valence-electron chi connectivity index (χ1n) is 8.77. The lowest BCUT2D eigenvalue weighted by molar-refractivity contribution is -0.122. The normalized spacial score (nSPS) is 15.1. The number of carbonyl (C=O) groups is 3. The van der Waals surface area contributed by atoms with Crippen LogP contribution in [0.3, 0.4) is 0 Å². The lowest BCUT2D eigenvalue weighted by Gasteiger charge is -2.26. The number of terminal acetylenes is 1. The average Bonchev–Trinajstić information content (AvgIpc) is 2.71. The van der Waals surface area contributed by atoms with E-state index in [1.165, 1.54) is 13.2 Å². The van der Waals surface area contributed by atoms with Gasteiger partial charge in [0, 0.05) is 0 Å². The molecule has 0 atom stereocenters. The van der Waals surface area contributed by atoms with Gasteiger partial charge in [0.15, 0.2) is 11.5 Å². The molecule has 2 aromatic carbocycles. The van der Waals surface area contributed by atoms with Gasteiger partial charge in [-0.25, -0.2) is 9.69 Å². The van der Waals surface area contributed by atoms with Crippen LogP contribution >= 0.6 is 22.6 Å². The molecule has 1 N–H and O–H groups in total. The maximum absolute atomic E-state index is 13.0. The van der Waals surface area contributed by atoms with Crippen LogP contribution in [0, 0.1) is 22.8 Å². The summed E-state index contributed by atoms with van der Waals surface area (Å²) in [5.74, 6) is 1.77. The Kier molecular flexibility index (Phi) is 6.42. The van der Waals surface area contributed by atoms with Crippen LogP contribution in [0.25, 0.3) is 6.08 Å². The van der Waals surface area contributed by atoms with Crippen molar-refractivity contribution >= 4 is 52.2 Å². The van der Waals surface area contributed by atoms with E-state index in [9.17, 15) is 14.4 Å². The molecular formula is C22H17IN2O5. The number of anilines is 1. The summed E-state index contributed by atoms with van der Waals surface area (Å²) < 4.78 is 11.5. The number of carbonyl (C=O) groups excluding carboxylic acids is 3. The molecule has 4 amide bonds. The number of halogens is 1. The van der Waals surface area contributed by atoms with Crippen LogP contribution in [-0.2, 0) is 9.59 Å². The predicted molar refractivity (Wildman–Crippen MR) is 120 cm³/mol. The zero-order chi connectivity index (χ0) is 21.8. The second-order valence-electron chi connectivity index (χ2n) is 6.32. The first-order chi connectivity index (χ1) is 14.3. The number of methoxy groups -OCH3 is 1. The predicted octanol–water partition coefficient (Wildman–Crippen LogP) is 3.29. The number of urea groups is 1. The number of imide groups is 2. The van der Waals surface area contributed by atoms with Crippen molar-refractivity contribution < 1.29 is 23.9 Å². The van der Waals surface area contributed by atoms with Crippen LogP contribution in [-0.4, -0.2) is 31.6 Å². The maximum atomic E-state index is 13.0. The number of barbiturate groups is 1. The van der Waals surface area contributed by atoms with E-state index in [-0.39, 0.29) is 12.2 Å². The van der Waals surface area contributed by atoms with Crippen molar-refractivity contribution in [2.75, 3.05) is 18.6 Å². The van der Waals surface area contributed by atoms with E-state index >= 15 is 0 Å². The van der Waals surface area contributed by atoms with Gasteiger partial charge in [-0.1, -0.05) is 23.6 Å². The van der Waals surface area contributed by atoms with Gasteiger partial charge in [0.05, 0.1) is 16.4 Å². The fraction of sp³-hybridized carbons (Fsp3) is 0.136. The van der Waals surface area contributed by atoms with Gasteiger partial charge in [-0.05, 0) is 65.4 Å². The molecule has 1 aliphatic rings. The molecule has 1 heterocycles. The minimum absolute atomic E-state index is 0.0707. The van der Waals surface area contributed by atoms with Crippen LogP contribution in [0.5, 0.6) is 11.5 Å². The van der Waals surface area contributed by atoms with Crippen LogP contribution in [0.4, 0.5) is 10.5 Å². The molecule has 1 fully saturated rings. The Balaban J connectivity index is 2.01. The SMILES string of the molecule is C#CCOc1c(I)cc(/C=C2\C(=O)NC(=O)N(c3ccc(C)cc3)C2=O)cc1OC. The number of rotatable bonds is 5. The zero-order valence-electron chi connectivity index (χ0n) is 16.2. The number of ether oxygens (including phenoxy) is 2. The molecule has 30 heavy (non-hydrogen) atoms. The average molecular weight is 516 g/mol. The number of nitrogens with one attached hydrogen (secondary N) is 1. The highest BCUT2D eigenvalue weighted by atomic mass is 127. The number of hydrogen-bond donors (Lipinski definition) is 1. The van der Waals surface area contributed by atoms with E-state index in [2.05, 4.69) is 11.2 Å². The van der Waals surface area contributed by atoms with Crippen molar-refractivity contribution in [2.24, 2.45) is 0 Å². The molecule has 0 saturated carbocycles. The Morgan fingerprint density at radius 1 is 1.20 bits per heavy atom. The summed E-state index contributed by atoms with van der Waals surface area (Å²) in [4.78, 5) is 38.6. The quantitative estimate of drug-likeness (QED) is 0.286. The molecular weight excluding hydrogens is 499 g/mol. The molecule has 152 valence electrons. The van der Waals surface area contributed by atoms with E-state index in [0.29, 0.717) is 26.3 Å². The number of aryl methyl sites for hydroxylation is 1. The smallest absolute Gasteiger partial charge is 0.335 e. The second-order valence-corrected chi connectivity index (χ2v) is 7.48. The van der Waals surface area contributed by atoms with Crippen molar-refractivity contribution in [1.29, 1.82) is 0 Å². The van der Waals surface area contributed by atoms with Gasteiger partial charge in [-0.3, -0.25) is 14.9 Å². The molecule has 3 rings (SSSR count). The van der Waals surface area contributed by atoms with E-state index in [0.717, 1.165) is 10.5 Å². The minimum atomic E-state index is -0.795. The van der Waals surface area contributed by atoms with Gasteiger partial charge in [0.1, 0.15) is 12.2 Å². The Morgan fingerprint density at radius 2 is 1.90 bits per heavy atom. The van der Waals surface area contributed by atoms with E-state index in [1.54, 1.807) is 36.4 Å². The number of benzene rings is 2. The van der Waals surface area contributed by atoms with Gasteiger partial charge < -0.3 is 9.47 Å². The summed E-state index contributed by atoms with van der Waals surface area (Å²) in [5, 5.41) is 2.20. The molecule has 0 bridgehead atoms. The van der Waals surface area contributed by atoms with Crippen LogP contribution in [0.15, 0.2) is 42.0 Å². The van der Waals surface area contributed by atoms with Crippen LogP contribution in [0.2, 0.25) is 0 Å². The largest absolute Gasteiger partial charge is 0.493 e. The Hall–Kier alpha value is -3.32. The molecule has 0 aromatic heterocycles. The van der Waals surface area contributed by atoms with Crippen LogP contribution in [0.1, 0.15) is 11.1 Å². The third kappa shape index (κ3) is 4.31. The Labute approximate surface area is 187 Å². The summed E-state index contributed by atoms with van der Waals surface area (Å²) >= 11 is 2.05. The highest BCUT2D eigenvalue weighted by Crippen LogP contribution is 2.35. The zero-order valence-corrected chi connectivity index (χ0v) is 18.3. The van der Waals surface area contributed by atoms with Crippen molar-refractivity contribution in [1.82, 2.24) is 5.32 Å². The standard InChI is InChI=1S/C22H17IN2O5/c1-4-9-30-19-17(23)11-14(12-18(19)29-3)10-16-20(26)24-22(28)25(21(16)27)15-7-5-13(2)6-8-15/h1,5-8,10-12H,9H2,2-3H3,(H,24,26,28)/b16-10+. The lowest BCUT2D eigenvalue weighted by Crippen LogP contribution is -2.54. The van der Waals surface area contributed by atoms with Crippen molar-refractivity contribution in [3.05, 3.63) is 56.7 Å². The summed E-state index contributed by atoms with van der Waals surface area (Å²) in [6, 6.07) is 9.38. The number of amides is 4. The van der Waals surface area contributed by atoms with Gasteiger partial charge in [-0.15, -0.1) is 6.42 Å². The highest BCUT2D eigenvalue weighted by molar-refractivity contribution is 14.1. The molecule has 8 heteroatoms. The summed E-state index contributed by atoms with van der Waals surface area (Å²) in [6.07, 6.45) is 6.64. The summed E-state index contributed by atoms with van der Waals surface area (Å²) in [6.45, 7) is 1.96. The minimum Gasteiger partial charge on any atom is -0.493 e. The third-order valence-electron chi connectivity index (χ3n) is 4.26. The topological polar surface area (TPSA) is 84.9 Å². The molecule has 0 spiro atoms. The first kappa shape index (κ1) is 21.4. The highest BCUT2D eigenvalue weighted by Gasteiger charge is 2.36. The first-order valence-corrected chi connectivity index (χ1v) is 9.85. The van der Waals surface area contributed by atoms with Crippen molar-refractivity contribution in [3.63, 3.8) is 0 Å². The maximum Gasteiger partial charge on any atom is 0.335 e.